The van der Waals surface area contributed by atoms with Crippen LogP contribution in [0.1, 0.15) is 22.8 Å². The minimum Gasteiger partial charge on any atom is -0.462 e. The van der Waals surface area contributed by atoms with Crippen molar-refractivity contribution in [3.05, 3.63) is 53.6 Å². The molecule has 0 aliphatic rings. The number of nitrogens with one attached hydrogen (secondary N) is 1. The quantitative estimate of drug-likeness (QED) is 0.580. The SMILES string of the molecule is CCOC(=O)c1ccc(NCc2ccccc2)c(N)c1N. The Morgan fingerprint density at radius 1 is 1.10 bits per heavy atom. The van der Waals surface area contributed by atoms with E-state index in [0.717, 1.165) is 5.56 Å². The summed E-state index contributed by atoms with van der Waals surface area (Å²) >= 11 is 0. The number of carbonyl (C=O) groups excluding carboxylic acids is 1. The van der Waals surface area contributed by atoms with E-state index in [9.17, 15) is 4.79 Å². The van der Waals surface area contributed by atoms with Crippen molar-refractivity contribution in [3.63, 3.8) is 0 Å². The maximum Gasteiger partial charge on any atom is 0.340 e. The van der Waals surface area contributed by atoms with Gasteiger partial charge in [0.1, 0.15) is 0 Å². The summed E-state index contributed by atoms with van der Waals surface area (Å²) in [6.45, 7) is 2.67. The topological polar surface area (TPSA) is 90.4 Å². The molecule has 0 aliphatic heterocycles. The van der Waals surface area contributed by atoms with E-state index in [-0.39, 0.29) is 5.69 Å². The van der Waals surface area contributed by atoms with Crippen molar-refractivity contribution < 1.29 is 9.53 Å². The molecule has 2 aromatic carbocycles. The van der Waals surface area contributed by atoms with Crippen LogP contribution in [0.5, 0.6) is 0 Å². The molecular formula is C16H19N3O2. The van der Waals surface area contributed by atoms with Crippen LogP contribution >= 0.6 is 0 Å². The lowest BCUT2D eigenvalue weighted by atomic mass is 10.1. The van der Waals surface area contributed by atoms with Gasteiger partial charge in [-0.2, -0.15) is 0 Å². The Morgan fingerprint density at radius 2 is 1.81 bits per heavy atom. The highest BCUT2D eigenvalue weighted by Gasteiger charge is 2.15. The lowest BCUT2D eigenvalue weighted by molar-refractivity contribution is 0.0527. The number of ether oxygens (including phenoxy) is 1. The van der Waals surface area contributed by atoms with Crippen molar-refractivity contribution in [2.24, 2.45) is 0 Å². The number of esters is 1. The first-order chi connectivity index (χ1) is 10.1. The molecule has 0 atom stereocenters. The fourth-order valence-electron chi connectivity index (χ4n) is 1.97. The molecule has 2 aromatic rings. The van der Waals surface area contributed by atoms with Crippen LogP contribution in [0.4, 0.5) is 17.1 Å². The van der Waals surface area contributed by atoms with Crippen LogP contribution in [0.3, 0.4) is 0 Å². The van der Waals surface area contributed by atoms with Crippen LogP contribution in [0.25, 0.3) is 0 Å². The largest absolute Gasteiger partial charge is 0.462 e. The summed E-state index contributed by atoms with van der Waals surface area (Å²) in [7, 11) is 0. The van der Waals surface area contributed by atoms with Gasteiger partial charge in [-0.1, -0.05) is 30.3 Å². The van der Waals surface area contributed by atoms with Gasteiger partial charge in [0, 0.05) is 6.54 Å². The third-order valence-corrected chi connectivity index (χ3v) is 3.11. The van der Waals surface area contributed by atoms with Crippen molar-refractivity contribution in [2.45, 2.75) is 13.5 Å². The zero-order valence-electron chi connectivity index (χ0n) is 11.9. The van der Waals surface area contributed by atoms with Crippen LogP contribution in [0.15, 0.2) is 42.5 Å². The molecule has 0 amide bonds. The lowest BCUT2D eigenvalue weighted by Gasteiger charge is -2.14. The normalized spacial score (nSPS) is 10.1. The molecule has 0 unspecified atom stereocenters. The molecule has 2 rings (SSSR count). The fourth-order valence-corrected chi connectivity index (χ4v) is 1.97. The van der Waals surface area contributed by atoms with Gasteiger partial charge in [-0.15, -0.1) is 0 Å². The molecule has 0 saturated carbocycles. The molecule has 5 nitrogen and oxygen atoms in total. The van der Waals surface area contributed by atoms with Gasteiger partial charge in [0.2, 0.25) is 0 Å². The van der Waals surface area contributed by atoms with Crippen molar-refractivity contribution in [1.29, 1.82) is 0 Å². The third-order valence-electron chi connectivity index (χ3n) is 3.11. The number of carbonyl (C=O) groups is 1. The van der Waals surface area contributed by atoms with Crippen molar-refractivity contribution in [2.75, 3.05) is 23.4 Å². The molecule has 21 heavy (non-hydrogen) atoms. The van der Waals surface area contributed by atoms with E-state index >= 15 is 0 Å². The average Bonchev–Trinajstić information content (AvgIpc) is 2.50. The molecule has 0 saturated heterocycles. The van der Waals surface area contributed by atoms with Crippen LogP contribution < -0.4 is 16.8 Å². The van der Waals surface area contributed by atoms with Crippen LogP contribution in [-0.4, -0.2) is 12.6 Å². The van der Waals surface area contributed by atoms with Crippen molar-refractivity contribution in [3.8, 4) is 0 Å². The van der Waals surface area contributed by atoms with Gasteiger partial charge >= 0.3 is 5.97 Å². The first-order valence-electron chi connectivity index (χ1n) is 6.76. The molecule has 0 fully saturated rings. The molecule has 5 heteroatoms. The Labute approximate surface area is 123 Å². The van der Waals surface area contributed by atoms with E-state index in [1.165, 1.54) is 0 Å². The Bertz CT molecular complexity index is 627. The van der Waals surface area contributed by atoms with E-state index < -0.39 is 5.97 Å². The summed E-state index contributed by atoms with van der Waals surface area (Å²) in [6, 6.07) is 13.3. The predicted molar refractivity (Wildman–Crippen MR) is 85.0 cm³/mol. The number of nitrogen functional groups attached to an aromatic ring is 2. The molecule has 110 valence electrons. The summed E-state index contributed by atoms with van der Waals surface area (Å²) < 4.78 is 4.94. The lowest BCUT2D eigenvalue weighted by Crippen LogP contribution is -2.11. The first-order valence-corrected chi connectivity index (χ1v) is 6.76. The Kier molecular flexibility index (Phi) is 4.66. The van der Waals surface area contributed by atoms with Gasteiger partial charge in [-0.3, -0.25) is 0 Å². The third kappa shape index (κ3) is 3.45. The summed E-state index contributed by atoms with van der Waals surface area (Å²) in [6.07, 6.45) is 0. The number of nitrogens with two attached hydrogens (primary N) is 2. The van der Waals surface area contributed by atoms with E-state index in [2.05, 4.69) is 5.32 Å². The summed E-state index contributed by atoms with van der Waals surface area (Å²) in [4.78, 5) is 11.7. The van der Waals surface area contributed by atoms with Gasteiger partial charge in [0.15, 0.2) is 0 Å². The number of rotatable bonds is 5. The molecular weight excluding hydrogens is 266 g/mol. The number of hydrogen-bond donors (Lipinski definition) is 3. The maximum absolute atomic E-state index is 11.7. The van der Waals surface area contributed by atoms with Crippen LogP contribution in [-0.2, 0) is 11.3 Å². The van der Waals surface area contributed by atoms with Crippen molar-refractivity contribution in [1.82, 2.24) is 0 Å². The minimum atomic E-state index is -0.462. The van der Waals surface area contributed by atoms with Crippen LogP contribution in [0.2, 0.25) is 0 Å². The summed E-state index contributed by atoms with van der Waals surface area (Å²) in [5.41, 5.74) is 14.6. The highest BCUT2D eigenvalue weighted by molar-refractivity contribution is 6.00. The zero-order chi connectivity index (χ0) is 15.2. The predicted octanol–water partition coefficient (Wildman–Crippen LogP) is 2.64. The molecule has 0 spiro atoms. The van der Waals surface area contributed by atoms with Crippen molar-refractivity contribution >= 4 is 23.0 Å². The van der Waals surface area contributed by atoms with Gasteiger partial charge in [0.05, 0.1) is 29.2 Å². The Balaban J connectivity index is 2.15. The van der Waals surface area contributed by atoms with E-state index in [0.29, 0.717) is 30.1 Å². The van der Waals surface area contributed by atoms with Gasteiger partial charge in [-0.25, -0.2) is 4.79 Å². The van der Waals surface area contributed by atoms with Crippen LogP contribution in [0, 0.1) is 0 Å². The average molecular weight is 285 g/mol. The summed E-state index contributed by atoms with van der Waals surface area (Å²) in [5.74, 6) is -0.462. The number of anilines is 3. The summed E-state index contributed by atoms with van der Waals surface area (Å²) in [5, 5.41) is 3.21. The van der Waals surface area contributed by atoms with E-state index in [1.54, 1.807) is 19.1 Å². The zero-order valence-corrected chi connectivity index (χ0v) is 11.9. The Morgan fingerprint density at radius 3 is 2.48 bits per heavy atom. The second-order valence-electron chi connectivity index (χ2n) is 4.55. The first kappa shape index (κ1) is 14.7. The Hall–Kier alpha value is -2.69. The van der Waals surface area contributed by atoms with Gasteiger partial charge in [-0.05, 0) is 24.6 Å². The van der Waals surface area contributed by atoms with Gasteiger partial charge < -0.3 is 21.5 Å². The minimum absolute atomic E-state index is 0.242. The van der Waals surface area contributed by atoms with E-state index in [1.807, 2.05) is 30.3 Å². The maximum atomic E-state index is 11.7. The fraction of sp³-hybridized carbons (Fsp3) is 0.188. The molecule has 0 aliphatic carbocycles. The molecule has 0 bridgehead atoms. The second-order valence-corrected chi connectivity index (χ2v) is 4.55. The second kappa shape index (κ2) is 6.65. The smallest absolute Gasteiger partial charge is 0.340 e. The highest BCUT2D eigenvalue weighted by atomic mass is 16.5. The molecule has 5 N–H and O–H groups in total. The monoisotopic (exact) mass is 285 g/mol. The molecule has 0 aromatic heterocycles. The van der Waals surface area contributed by atoms with Gasteiger partial charge in [0.25, 0.3) is 0 Å². The molecule has 0 radical (unpaired) electrons. The highest BCUT2D eigenvalue weighted by Crippen LogP contribution is 2.29. The standard InChI is InChI=1S/C16H19N3O2/c1-2-21-16(20)12-8-9-13(15(18)14(12)17)19-10-11-6-4-3-5-7-11/h3-9,19H,2,10,17-18H2,1H3. The number of hydrogen-bond acceptors (Lipinski definition) is 5. The molecule has 0 heterocycles. The number of benzene rings is 2. The van der Waals surface area contributed by atoms with E-state index in [4.69, 9.17) is 16.2 Å².